The minimum Gasteiger partial charge on any atom is -0.353 e. The van der Waals surface area contributed by atoms with Crippen molar-refractivity contribution in [2.75, 3.05) is 36.0 Å². The Morgan fingerprint density at radius 3 is 2.59 bits per heavy atom. The molecule has 132 valence electrons. The molecule has 27 heavy (non-hydrogen) atoms. The van der Waals surface area contributed by atoms with Gasteiger partial charge in [0.05, 0.1) is 17.1 Å². The summed E-state index contributed by atoms with van der Waals surface area (Å²) in [6, 6.07) is 16.2. The number of hydrogen-bond donors (Lipinski definition) is 0. The molecule has 0 atom stereocenters. The highest BCUT2D eigenvalue weighted by atomic mass is 32.1. The third-order valence-corrected chi connectivity index (χ3v) is 6.00. The predicted molar refractivity (Wildman–Crippen MR) is 111 cm³/mol. The van der Waals surface area contributed by atoms with E-state index in [4.69, 9.17) is 4.98 Å². The third-order valence-electron chi connectivity index (χ3n) is 5.06. The van der Waals surface area contributed by atoms with Crippen molar-refractivity contribution in [3.63, 3.8) is 0 Å². The molecule has 1 aliphatic rings. The van der Waals surface area contributed by atoms with E-state index in [1.807, 2.05) is 36.5 Å². The van der Waals surface area contributed by atoms with Crippen molar-refractivity contribution in [3.05, 3.63) is 59.6 Å². The molecule has 1 aromatic carbocycles. The summed E-state index contributed by atoms with van der Waals surface area (Å²) in [4.78, 5) is 14.1. The van der Waals surface area contributed by atoms with E-state index < -0.39 is 0 Å². The fourth-order valence-corrected chi connectivity index (χ4v) is 4.61. The highest BCUT2D eigenvalue weighted by Gasteiger charge is 2.22. The summed E-state index contributed by atoms with van der Waals surface area (Å²) in [7, 11) is 0. The first-order valence-corrected chi connectivity index (χ1v) is 9.83. The van der Waals surface area contributed by atoms with E-state index in [2.05, 4.69) is 38.4 Å². The molecule has 1 aliphatic heterocycles. The van der Waals surface area contributed by atoms with Gasteiger partial charge >= 0.3 is 0 Å². The Balaban J connectivity index is 1.51. The monoisotopic (exact) mass is 371 g/mol. The van der Waals surface area contributed by atoms with Gasteiger partial charge in [0.1, 0.15) is 11.6 Å². The summed E-state index contributed by atoms with van der Waals surface area (Å²) in [5.41, 5.74) is 1.54. The van der Waals surface area contributed by atoms with Gasteiger partial charge in [-0.05, 0) is 35.7 Å². The molecule has 0 radical (unpaired) electrons. The van der Waals surface area contributed by atoms with Crippen molar-refractivity contribution in [2.45, 2.75) is 0 Å². The summed E-state index contributed by atoms with van der Waals surface area (Å²) >= 11 is 1.74. The lowest BCUT2D eigenvalue weighted by atomic mass is 10.1. The Bertz CT molecular complexity index is 1150. The van der Waals surface area contributed by atoms with Gasteiger partial charge in [0.25, 0.3) is 0 Å². The van der Waals surface area contributed by atoms with Crippen LogP contribution < -0.4 is 9.80 Å². The van der Waals surface area contributed by atoms with Crippen molar-refractivity contribution < 1.29 is 0 Å². The van der Waals surface area contributed by atoms with Crippen molar-refractivity contribution in [2.24, 2.45) is 0 Å². The second kappa shape index (κ2) is 6.53. The van der Waals surface area contributed by atoms with Gasteiger partial charge in [-0.2, -0.15) is 5.26 Å². The molecule has 0 bridgehead atoms. The zero-order valence-electron chi connectivity index (χ0n) is 14.7. The average Bonchev–Trinajstić information content (AvgIpc) is 3.23. The highest BCUT2D eigenvalue weighted by molar-refractivity contribution is 7.18. The van der Waals surface area contributed by atoms with Gasteiger partial charge < -0.3 is 9.80 Å². The number of nitrogens with zero attached hydrogens (tertiary/aromatic N) is 5. The van der Waals surface area contributed by atoms with Gasteiger partial charge in [-0.15, -0.1) is 11.3 Å². The first-order valence-electron chi connectivity index (χ1n) is 8.95. The van der Waals surface area contributed by atoms with Crippen LogP contribution in [0.1, 0.15) is 5.56 Å². The highest BCUT2D eigenvalue weighted by Crippen LogP contribution is 2.35. The number of nitriles is 1. The molecule has 0 spiro atoms. The number of anilines is 2. The van der Waals surface area contributed by atoms with Crippen LogP contribution in [0.4, 0.5) is 11.6 Å². The zero-order chi connectivity index (χ0) is 18.2. The molecule has 3 aromatic heterocycles. The van der Waals surface area contributed by atoms with E-state index in [-0.39, 0.29) is 0 Å². The van der Waals surface area contributed by atoms with Crippen LogP contribution in [0.3, 0.4) is 0 Å². The van der Waals surface area contributed by atoms with E-state index >= 15 is 0 Å². The summed E-state index contributed by atoms with van der Waals surface area (Å²) < 4.78 is 1.24. The molecule has 6 heteroatoms. The molecule has 5 rings (SSSR count). The van der Waals surface area contributed by atoms with E-state index in [9.17, 15) is 5.26 Å². The molecular formula is C21H17N5S. The van der Waals surface area contributed by atoms with E-state index in [0.717, 1.165) is 48.7 Å². The minimum absolute atomic E-state index is 0.650. The first-order chi connectivity index (χ1) is 13.3. The lowest BCUT2D eigenvalue weighted by molar-refractivity contribution is 0.644. The zero-order valence-corrected chi connectivity index (χ0v) is 15.5. The Hall–Kier alpha value is -3.17. The Labute approximate surface area is 161 Å². The summed E-state index contributed by atoms with van der Waals surface area (Å²) in [6.45, 7) is 3.64. The van der Waals surface area contributed by atoms with E-state index in [0.29, 0.717) is 5.56 Å². The number of rotatable bonds is 2. The molecule has 1 saturated heterocycles. The van der Waals surface area contributed by atoms with Gasteiger partial charge in [-0.3, -0.25) is 0 Å². The molecule has 4 heterocycles. The maximum Gasteiger partial charge on any atom is 0.138 e. The number of piperazine rings is 1. The van der Waals surface area contributed by atoms with Crippen LogP contribution in [0.25, 0.3) is 21.0 Å². The van der Waals surface area contributed by atoms with Crippen LogP contribution in [-0.2, 0) is 0 Å². The SMILES string of the molecule is N#Cc1ccc2c(c1)nc(N1CCN(c3ccccn3)CC1)c1ccsc12. The van der Waals surface area contributed by atoms with E-state index in [1.165, 1.54) is 10.1 Å². The van der Waals surface area contributed by atoms with Crippen LogP contribution in [0, 0.1) is 11.3 Å². The maximum atomic E-state index is 9.23. The number of hydrogen-bond acceptors (Lipinski definition) is 6. The summed E-state index contributed by atoms with van der Waals surface area (Å²) in [6.07, 6.45) is 1.84. The topological polar surface area (TPSA) is 56.1 Å². The van der Waals surface area contributed by atoms with Crippen LogP contribution in [-0.4, -0.2) is 36.1 Å². The molecule has 0 aliphatic carbocycles. The van der Waals surface area contributed by atoms with Crippen LogP contribution in [0.5, 0.6) is 0 Å². The average molecular weight is 371 g/mol. The molecule has 5 nitrogen and oxygen atoms in total. The molecular weight excluding hydrogens is 354 g/mol. The molecule has 4 aromatic rings. The first kappa shape index (κ1) is 16.0. The number of benzene rings is 1. The number of thiophene rings is 1. The van der Waals surface area contributed by atoms with Gasteiger partial charge in [0, 0.05) is 47.8 Å². The number of fused-ring (bicyclic) bond motifs is 3. The van der Waals surface area contributed by atoms with Crippen LogP contribution in [0.2, 0.25) is 0 Å². The summed E-state index contributed by atoms with van der Waals surface area (Å²) in [5.74, 6) is 2.05. The smallest absolute Gasteiger partial charge is 0.138 e. The van der Waals surface area contributed by atoms with Gasteiger partial charge in [-0.1, -0.05) is 12.1 Å². The molecule has 0 saturated carbocycles. The fourth-order valence-electron chi connectivity index (χ4n) is 3.68. The van der Waals surface area contributed by atoms with Crippen molar-refractivity contribution in [3.8, 4) is 6.07 Å². The minimum atomic E-state index is 0.650. The fraction of sp³-hybridized carbons (Fsp3) is 0.190. The molecule has 1 fully saturated rings. The Morgan fingerprint density at radius 1 is 0.963 bits per heavy atom. The third kappa shape index (κ3) is 2.77. The van der Waals surface area contributed by atoms with Crippen molar-refractivity contribution in [1.29, 1.82) is 5.26 Å². The second-order valence-corrected chi connectivity index (χ2v) is 7.52. The molecule has 0 N–H and O–H groups in total. The summed E-state index contributed by atoms with van der Waals surface area (Å²) in [5, 5.41) is 13.7. The lowest BCUT2D eigenvalue weighted by Crippen LogP contribution is -2.47. The quantitative estimate of drug-likeness (QED) is 0.532. The number of pyridine rings is 2. The normalized spacial score (nSPS) is 14.6. The largest absolute Gasteiger partial charge is 0.353 e. The number of aromatic nitrogens is 2. The lowest BCUT2D eigenvalue weighted by Gasteiger charge is -2.36. The van der Waals surface area contributed by atoms with Crippen LogP contribution in [0.15, 0.2) is 54.0 Å². The predicted octanol–water partition coefficient (Wildman–Crippen LogP) is 4.04. The molecule has 0 unspecified atom stereocenters. The Morgan fingerprint density at radius 2 is 1.81 bits per heavy atom. The standard InChI is InChI=1S/C21H17N5S/c22-14-15-4-5-16-18(13-15)24-21(17-6-12-27-20(16)17)26-10-8-25(9-11-26)19-3-1-2-7-23-19/h1-7,12-13H,8-11H2. The van der Waals surface area contributed by atoms with E-state index in [1.54, 1.807) is 11.3 Å². The van der Waals surface area contributed by atoms with Crippen LogP contribution >= 0.6 is 11.3 Å². The second-order valence-electron chi connectivity index (χ2n) is 6.60. The Kier molecular flexibility index (Phi) is 3.88. The van der Waals surface area contributed by atoms with Gasteiger partial charge in [-0.25, -0.2) is 9.97 Å². The van der Waals surface area contributed by atoms with Gasteiger partial charge in [0.2, 0.25) is 0 Å². The molecule has 0 amide bonds. The van der Waals surface area contributed by atoms with Gasteiger partial charge in [0.15, 0.2) is 0 Å². The van der Waals surface area contributed by atoms with Crippen molar-refractivity contribution in [1.82, 2.24) is 9.97 Å². The maximum absolute atomic E-state index is 9.23. The van der Waals surface area contributed by atoms with Crippen molar-refractivity contribution >= 4 is 44.0 Å².